The second-order valence-electron chi connectivity index (χ2n) is 8.74. The highest BCUT2D eigenvalue weighted by atomic mass is 32.1. The highest BCUT2D eigenvalue weighted by Gasteiger charge is 2.42. The Balaban J connectivity index is 1.70. The Kier molecular flexibility index (Phi) is 5.65. The van der Waals surface area contributed by atoms with Crippen LogP contribution >= 0.6 is 12.2 Å². The van der Waals surface area contributed by atoms with Crippen molar-refractivity contribution < 1.29 is 4.39 Å². The molecule has 4 heterocycles. The lowest BCUT2D eigenvalue weighted by Crippen LogP contribution is -2.29. The molecule has 1 N–H and O–H groups in total. The Bertz CT molecular complexity index is 1380. The van der Waals surface area contributed by atoms with Gasteiger partial charge in [-0.1, -0.05) is 12.1 Å². The van der Waals surface area contributed by atoms with E-state index in [1.807, 2.05) is 36.5 Å². The molecule has 0 amide bonds. The molecule has 4 aromatic rings. The van der Waals surface area contributed by atoms with Crippen molar-refractivity contribution in [2.45, 2.75) is 39.8 Å². The van der Waals surface area contributed by atoms with Crippen molar-refractivity contribution in [1.82, 2.24) is 19.9 Å². The Hall–Kier alpha value is -3.58. The second-order valence-corrected chi connectivity index (χ2v) is 9.12. The third-order valence-corrected chi connectivity index (χ3v) is 6.81. The van der Waals surface area contributed by atoms with Crippen molar-refractivity contribution in [3.05, 3.63) is 107 Å². The third-order valence-electron chi connectivity index (χ3n) is 6.50. The minimum Gasteiger partial charge on any atom is -0.351 e. The van der Waals surface area contributed by atoms with E-state index in [2.05, 4.69) is 57.7 Å². The number of pyridine rings is 2. The molecule has 0 bridgehead atoms. The summed E-state index contributed by atoms with van der Waals surface area (Å²) in [5.41, 5.74) is 6.71. The molecule has 0 aliphatic carbocycles. The summed E-state index contributed by atoms with van der Waals surface area (Å²) in [7, 11) is 0. The maximum absolute atomic E-state index is 14.1. The number of aromatic nitrogens is 3. The van der Waals surface area contributed by atoms with Gasteiger partial charge in [0.05, 0.1) is 17.8 Å². The standard InChI is InChI=1S/C27H26FN5S/c1-16-8-7-13-30-26(16)32-18(3)15-21(19(32)4)25-24(23-9-5-6-12-29-23)31-27(34)33(25)20-10-11-22(28)17(2)14-20/h5-15,24-25H,1-4H3,(H,31,34)/t24-,25-/m1/s1. The van der Waals surface area contributed by atoms with Gasteiger partial charge in [0.1, 0.15) is 11.6 Å². The van der Waals surface area contributed by atoms with E-state index in [-0.39, 0.29) is 17.9 Å². The van der Waals surface area contributed by atoms with Gasteiger partial charge in [0.25, 0.3) is 0 Å². The Morgan fingerprint density at radius 2 is 1.71 bits per heavy atom. The van der Waals surface area contributed by atoms with Crippen LogP contribution < -0.4 is 10.2 Å². The summed E-state index contributed by atoms with van der Waals surface area (Å²) < 4.78 is 16.3. The fourth-order valence-electron chi connectivity index (χ4n) is 4.85. The van der Waals surface area contributed by atoms with Crippen LogP contribution in [0.1, 0.15) is 45.9 Å². The Morgan fingerprint density at radius 3 is 2.41 bits per heavy atom. The van der Waals surface area contributed by atoms with Crippen molar-refractivity contribution in [2.24, 2.45) is 0 Å². The fourth-order valence-corrected chi connectivity index (χ4v) is 5.20. The predicted molar refractivity (Wildman–Crippen MR) is 137 cm³/mol. The van der Waals surface area contributed by atoms with E-state index in [0.717, 1.165) is 39.7 Å². The number of aryl methyl sites for hydroxylation is 3. The van der Waals surface area contributed by atoms with E-state index in [9.17, 15) is 4.39 Å². The van der Waals surface area contributed by atoms with E-state index in [1.165, 1.54) is 6.07 Å². The van der Waals surface area contributed by atoms with Crippen LogP contribution in [0.15, 0.2) is 67.0 Å². The van der Waals surface area contributed by atoms with Gasteiger partial charge in [-0.25, -0.2) is 9.37 Å². The molecule has 0 unspecified atom stereocenters. The number of nitrogens with zero attached hydrogens (tertiary/aromatic N) is 4. The van der Waals surface area contributed by atoms with Gasteiger partial charge in [0.15, 0.2) is 5.11 Å². The third kappa shape index (κ3) is 3.66. The first-order valence-electron chi connectivity index (χ1n) is 11.2. The number of rotatable bonds is 4. The van der Waals surface area contributed by atoms with Crippen LogP contribution in [0.25, 0.3) is 5.82 Å². The summed E-state index contributed by atoms with van der Waals surface area (Å²) in [6, 6.07) is 16.9. The fraction of sp³-hybridized carbons (Fsp3) is 0.222. The zero-order valence-electron chi connectivity index (χ0n) is 19.6. The highest BCUT2D eigenvalue weighted by molar-refractivity contribution is 7.80. The quantitative estimate of drug-likeness (QED) is 0.380. The summed E-state index contributed by atoms with van der Waals surface area (Å²) in [5.74, 6) is 0.680. The van der Waals surface area contributed by atoms with Gasteiger partial charge < -0.3 is 14.8 Å². The predicted octanol–water partition coefficient (Wildman–Crippen LogP) is 5.82. The lowest BCUT2D eigenvalue weighted by molar-refractivity contribution is 0.564. The first-order chi connectivity index (χ1) is 16.4. The molecule has 3 aromatic heterocycles. The smallest absolute Gasteiger partial charge is 0.174 e. The normalized spacial score (nSPS) is 17.8. The molecular formula is C27H26FN5S. The number of hydrogen-bond donors (Lipinski definition) is 1. The first kappa shape index (κ1) is 22.2. The van der Waals surface area contributed by atoms with Gasteiger partial charge in [0, 0.05) is 29.5 Å². The van der Waals surface area contributed by atoms with Crippen molar-refractivity contribution in [2.75, 3.05) is 4.90 Å². The molecule has 5 nitrogen and oxygen atoms in total. The van der Waals surface area contributed by atoms with Crippen LogP contribution in [0.2, 0.25) is 0 Å². The summed E-state index contributed by atoms with van der Waals surface area (Å²) in [6.07, 6.45) is 3.61. The maximum Gasteiger partial charge on any atom is 0.174 e. The van der Waals surface area contributed by atoms with E-state index >= 15 is 0 Å². The van der Waals surface area contributed by atoms with Crippen LogP contribution in [0, 0.1) is 33.5 Å². The van der Waals surface area contributed by atoms with Crippen molar-refractivity contribution >= 4 is 23.0 Å². The molecule has 1 aliphatic rings. The number of thiocarbonyl (C=S) groups is 1. The van der Waals surface area contributed by atoms with Crippen LogP contribution in [-0.2, 0) is 0 Å². The number of hydrogen-bond acceptors (Lipinski definition) is 3. The molecule has 0 spiro atoms. The summed E-state index contributed by atoms with van der Waals surface area (Å²) in [4.78, 5) is 11.4. The minimum absolute atomic E-state index is 0.169. The van der Waals surface area contributed by atoms with Crippen molar-refractivity contribution in [3.8, 4) is 5.82 Å². The Morgan fingerprint density at radius 1 is 0.912 bits per heavy atom. The number of benzene rings is 1. The van der Waals surface area contributed by atoms with Crippen molar-refractivity contribution in [3.63, 3.8) is 0 Å². The molecule has 172 valence electrons. The zero-order valence-corrected chi connectivity index (χ0v) is 20.4. The van der Waals surface area contributed by atoms with Crippen molar-refractivity contribution in [1.29, 1.82) is 0 Å². The molecule has 0 radical (unpaired) electrons. The van der Waals surface area contributed by atoms with E-state index in [1.54, 1.807) is 19.2 Å². The van der Waals surface area contributed by atoms with Crippen LogP contribution in [0.4, 0.5) is 10.1 Å². The highest BCUT2D eigenvalue weighted by Crippen LogP contribution is 2.44. The average molecular weight is 472 g/mol. The first-order valence-corrected chi connectivity index (χ1v) is 11.6. The monoisotopic (exact) mass is 471 g/mol. The van der Waals surface area contributed by atoms with Crippen LogP contribution in [0.3, 0.4) is 0 Å². The van der Waals surface area contributed by atoms with Gasteiger partial charge in [-0.2, -0.15) is 0 Å². The summed E-state index contributed by atoms with van der Waals surface area (Å²) in [5, 5.41) is 4.07. The molecule has 1 aromatic carbocycles. The molecule has 34 heavy (non-hydrogen) atoms. The molecule has 1 aliphatic heterocycles. The molecule has 1 fully saturated rings. The summed E-state index contributed by atoms with van der Waals surface area (Å²) in [6.45, 7) is 8.04. The number of halogens is 1. The van der Waals surface area contributed by atoms with Gasteiger partial charge in [-0.15, -0.1) is 0 Å². The molecule has 2 atom stereocenters. The van der Waals surface area contributed by atoms with Gasteiger partial charge in [0.2, 0.25) is 0 Å². The molecule has 1 saturated heterocycles. The second kappa shape index (κ2) is 8.65. The average Bonchev–Trinajstić information content (AvgIpc) is 3.32. The van der Waals surface area contributed by atoms with E-state index in [0.29, 0.717) is 10.7 Å². The molecule has 5 rings (SSSR count). The largest absolute Gasteiger partial charge is 0.351 e. The molecular weight excluding hydrogens is 445 g/mol. The number of nitrogens with one attached hydrogen (secondary N) is 1. The molecule has 0 saturated carbocycles. The van der Waals surface area contributed by atoms with E-state index < -0.39 is 0 Å². The van der Waals surface area contributed by atoms with Gasteiger partial charge in [-0.05, 0) is 99.1 Å². The van der Waals surface area contributed by atoms with Gasteiger partial charge in [-0.3, -0.25) is 4.98 Å². The SMILES string of the molecule is Cc1cc(N2C(=S)N[C@H](c3ccccn3)[C@H]2c2cc(C)n(-c3ncccc3C)c2C)ccc1F. The Labute approximate surface area is 204 Å². The maximum atomic E-state index is 14.1. The summed E-state index contributed by atoms with van der Waals surface area (Å²) >= 11 is 5.82. The minimum atomic E-state index is -0.233. The topological polar surface area (TPSA) is 46.0 Å². The van der Waals surface area contributed by atoms with Crippen LogP contribution in [-0.4, -0.2) is 19.6 Å². The van der Waals surface area contributed by atoms with Gasteiger partial charge >= 0.3 is 0 Å². The lowest BCUT2D eigenvalue weighted by Gasteiger charge is -2.28. The zero-order chi connectivity index (χ0) is 24.0. The molecule has 7 heteroatoms. The van der Waals surface area contributed by atoms with E-state index in [4.69, 9.17) is 12.2 Å². The lowest BCUT2D eigenvalue weighted by atomic mass is 9.96. The number of anilines is 1. The van der Waals surface area contributed by atoms with Crippen LogP contribution in [0.5, 0.6) is 0 Å².